The van der Waals surface area contributed by atoms with Crippen LogP contribution in [0.1, 0.15) is 5.69 Å². The third-order valence-electron chi connectivity index (χ3n) is 2.36. The number of nitrogens with zero attached hydrogens (tertiary/aromatic N) is 1. The van der Waals surface area contributed by atoms with Gasteiger partial charge in [0.1, 0.15) is 0 Å². The Labute approximate surface area is 105 Å². The van der Waals surface area contributed by atoms with Gasteiger partial charge in [-0.15, -0.1) is 0 Å². The zero-order valence-corrected chi connectivity index (χ0v) is 10.2. The van der Waals surface area contributed by atoms with Crippen LogP contribution in [0.3, 0.4) is 0 Å². The summed E-state index contributed by atoms with van der Waals surface area (Å²) in [4.78, 5) is 0. The van der Waals surface area contributed by atoms with Crippen LogP contribution in [0.15, 0.2) is 36.5 Å². The number of rotatable bonds is 3. The van der Waals surface area contributed by atoms with Crippen LogP contribution in [0.5, 0.6) is 0 Å². The molecular formula is C12H12Cl2N2. The van der Waals surface area contributed by atoms with Gasteiger partial charge in [-0.05, 0) is 36.9 Å². The van der Waals surface area contributed by atoms with E-state index in [-0.39, 0.29) is 0 Å². The van der Waals surface area contributed by atoms with Gasteiger partial charge >= 0.3 is 0 Å². The molecule has 0 unspecified atom stereocenters. The van der Waals surface area contributed by atoms with E-state index in [2.05, 4.69) is 0 Å². The second kappa shape index (κ2) is 4.91. The van der Waals surface area contributed by atoms with E-state index in [9.17, 15) is 0 Å². The Morgan fingerprint density at radius 2 is 1.81 bits per heavy atom. The summed E-state index contributed by atoms with van der Waals surface area (Å²) in [7, 11) is 0. The zero-order valence-electron chi connectivity index (χ0n) is 8.66. The Morgan fingerprint density at radius 3 is 2.44 bits per heavy atom. The van der Waals surface area contributed by atoms with Crippen molar-refractivity contribution in [3.05, 3.63) is 52.3 Å². The van der Waals surface area contributed by atoms with Crippen molar-refractivity contribution in [3.8, 4) is 5.69 Å². The Hall–Kier alpha value is -0.960. The lowest BCUT2D eigenvalue weighted by Gasteiger charge is -2.09. The van der Waals surface area contributed by atoms with Gasteiger partial charge < -0.3 is 10.3 Å². The van der Waals surface area contributed by atoms with E-state index in [0.29, 0.717) is 16.6 Å². The van der Waals surface area contributed by atoms with Gasteiger partial charge in [0, 0.05) is 34.0 Å². The minimum Gasteiger partial charge on any atom is -0.330 e. The van der Waals surface area contributed by atoms with Gasteiger partial charge in [0.05, 0.1) is 0 Å². The molecule has 2 aromatic rings. The van der Waals surface area contributed by atoms with Crippen molar-refractivity contribution in [1.82, 2.24) is 4.57 Å². The molecule has 0 amide bonds. The largest absolute Gasteiger partial charge is 0.330 e. The molecule has 16 heavy (non-hydrogen) atoms. The molecule has 1 aromatic heterocycles. The molecule has 0 atom stereocenters. The number of halogens is 2. The highest BCUT2D eigenvalue weighted by Gasteiger charge is 2.04. The van der Waals surface area contributed by atoms with Gasteiger partial charge in [0.15, 0.2) is 0 Å². The molecular weight excluding hydrogens is 243 g/mol. The minimum atomic E-state index is 0.623. The number of benzene rings is 1. The molecule has 2 N–H and O–H groups in total. The van der Waals surface area contributed by atoms with Gasteiger partial charge in [-0.25, -0.2) is 0 Å². The Morgan fingerprint density at radius 1 is 1.12 bits per heavy atom. The summed E-state index contributed by atoms with van der Waals surface area (Å²) in [6.45, 7) is 0.623. The van der Waals surface area contributed by atoms with Crippen molar-refractivity contribution < 1.29 is 0 Å². The van der Waals surface area contributed by atoms with Crippen LogP contribution in [-0.4, -0.2) is 11.1 Å². The van der Waals surface area contributed by atoms with Crippen molar-refractivity contribution in [2.24, 2.45) is 5.73 Å². The fourth-order valence-corrected chi connectivity index (χ4v) is 2.21. The molecule has 0 aliphatic heterocycles. The first-order valence-corrected chi connectivity index (χ1v) is 5.79. The summed E-state index contributed by atoms with van der Waals surface area (Å²) in [5.41, 5.74) is 7.68. The molecule has 84 valence electrons. The van der Waals surface area contributed by atoms with E-state index in [1.54, 1.807) is 6.07 Å². The van der Waals surface area contributed by atoms with Crippen LogP contribution >= 0.6 is 23.2 Å². The summed E-state index contributed by atoms with van der Waals surface area (Å²) in [6.07, 6.45) is 2.81. The highest BCUT2D eigenvalue weighted by Crippen LogP contribution is 2.23. The molecule has 0 aliphatic rings. The summed E-state index contributed by atoms with van der Waals surface area (Å²) in [6, 6.07) is 9.51. The van der Waals surface area contributed by atoms with Crippen molar-refractivity contribution >= 4 is 23.2 Å². The molecule has 0 bridgehead atoms. The zero-order chi connectivity index (χ0) is 11.5. The number of hydrogen-bond acceptors (Lipinski definition) is 1. The van der Waals surface area contributed by atoms with Gasteiger partial charge in [-0.1, -0.05) is 23.2 Å². The molecule has 0 fully saturated rings. The molecule has 0 radical (unpaired) electrons. The maximum absolute atomic E-state index is 5.97. The lowest BCUT2D eigenvalue weighted by atomic mass is 10.2. The summed E-state index contributed by atoms with van der Waals surface area (Å²) < 4.78 is 2.05. The first-order chi connectivity index (χ1) is 7.70. The normalized spacial score (nSPS) is 10.7. The predicted octanol–water partition coefficient (Wildman–Crippen LogP) is 3.29. The third kappa shape index (κ3) is 2.40. The van der Waals surface area contributed by atoms with Gasteiger partial charge in [-0.2, -0.15) is 0 Å². The maximum Gasteiger partial charge on any atom is 0.0481 e. The first-order valence-electron chi connectivity index (χ1n) is 5.03. The smallest absolute Gasteiger partial charge is 0.0481 e. The fourth-order valence-electron chi connectivity index (χ4n) is 1.70. The van der Waals surface area contributed by atoms with E-state index < -0.39 is 0 Å². The highest BCUT2D eigenvalue weighted by atomic mass is 35.5. The van der Waals surface area contributed by atoms with Crippen LogP contribution in [0.25, 0.3) is 5.69 Å². The molecule has 2 rings (SSSR count). The molecule has 2 nitrogen and oxygen atoms in total. The van der Waals surface area contributed by atoms with E-state index in [1.165, 1.54) is 0 Å². The lowest BCUT2D eigenvalue weighted by Crippen LogP contribution is -2.07. The lowest BCUT2D eigenvalue weighted by molar-refractivity contribution is 0.874. The van der Waals surface area contributed by atoms with Gasteiger partial charge in [0.2, 0.25) is 0 Å². The average Bonchev–Trinajstić information content (AvgIpc) is 2.65. The molecule has 0 aliphatic carbocycles. The Bertz CT molecular complexity index is 471. The molecule has 0 saturated heterocycles. The molecule has 0 saturated carbocycles. The van der Waals surface area contributed by atoms with E-state index in [0.717, 1.165) is 17.8 Å². The second-order valence-electron chi connectivity index (χ2n) is 3.54. The maximum atomic E-state index is 5.97. The summed E-state index contributed by atoms with van der Waals surface area (Å²) in [5, 5.41) is 1.27. The minimum absolute atomic E-state index is 0.623. The SMILES string of the molecule is NCCc1cccn1-c1cc(Cl)cc(Cl)c1. The number of nitrogens with two attached hydrogens (primary N) is 1. The van der Waals surface area contributed by atoms with Crippen molar-refractivity contribution in [2.75, 3.05) is 6.54 Å². The topological polar surface area (TPSA) is 30.9 Å². The Balaban J connectivity index is 2.45. The second-order valence-corrected chi connectivity index (χ2v) is 4.41. The standard InChI is InChI=1S/C12H12Cl2N2/c13-9-6-10(14)8-12(7-9)16-5-1-2-11(16)3-4-15/h1-2,5-8H,3-4,15H2. The third-order valence-corrected chi connectivity index (χ3v) is 2.80. The van der Waals surface area contributed by atoms with Crippen LogP contribution < -0.4 is 5.73 Å². The van der Waals surface area contributed by atoms with E-state index >= 15 is 0 Å². The van der Waals surface area contributed by atoms with Crippen molar-refractivity contribution in [1.29, 1.82) is 0 Å². The van der Waals surface area contributed by atoms with E-state index in [1.807, 2.05) is 35.0 Å². The average molecular weight is 255 g/mol. The van der Waals surface area contributed by atoms with Crippen molar-refractivity contribution in [2.45, 2.75) is 6.42 Å². The highest BCUT2D eigenvalue weighted by molar-refractivity contribution is 6.34. The van der Waals surface area contributed by atoms with Crippen LogP contribution in [0, 0.1) is 0 Å². The molecule has 4 heteroatoms. The van der Waals surface area contributed by atoms with Crippen LogP contribution in [-0.2, 0) is 6.42 Å². The summed E-state index contributed by atoms with van der Waals surface area (Å²) in [5.74, 6) is 0. The fraction of sp³-hybridized carbons (Fsp3) is 0.167. The predicted molar refractivity (Wildman–Crippen MR) is 68.5 cm³/mol. The Kier molecular flexibility index (Phi) is 3.54. The van der Waals surface area contributed by atoms with Crippen LogP contribution in [0.4, 0.5) is 0 Å². The summed E-state index contributed by atoms with van der Waals surface area (Å²) >= 11 is 11.9. The monoisotopic (exact) mass is 254 g/mol. The molecule has 0 spiro atoms. The molecule has 1 aromatic carbocycles. The quantitative estimate of drug-likeness (QED) is 0.896. The number of hydrogen-bond donors (Lipinski definition) is 1. The van der Waals surface area contributed by atoms with Crippen molar-refractivity contribution in [3.63, 3.8) is 0 Å². The first kappa shape index (κ1) is 11.5. The van der Waals surface area contributed by atoms with Gasteiger partial charge in [-0.3, -0.25) is 0 Å². The van der Waals surface area contributed by atoms with Crippen LogP contribution in [0.2, 0.25) is 10.0 Å². The van der Waals surface area contributed by atoms with Gasteiger partial charge in [0.25, 0.3) is 0 Å². The van der Waals surface area contributed by atoms with E-state index in [4.69, 9.17) is 28.9 Å². The molecule has 1 heterocycles. The number of aromatic nitrogens is 1.